The summed E-state index contributed by atoms with van der Waals surface area (Å²) in [5.41, 5.74) is 5.30. The van der Waals surface area contributed by atoms with Crippen molar-refractivity contribution < 1.29 is 4.39 Å². The van der Waals surface area contributed by atoms with E-state index >= 15 is 0 Å². The molecule has 6 rings (SSSR count). The smallest absolute Gasteiger partial charge is 0.161 e. The van der Waals surface area contributed by atoms with Crippen LogP contribution in [-0.4, -0.2) is 49.5 Å². The molecule has 1 unspecified atom stereocenters. The van der Waals surface area contributed by atoms with Crippen LogP contribution >= 0.6 is 0 Å². The predicted molar refractivity (Wildman–Crippen MR) is 147 cm³/mol. The van der Waals surface area contributed by atoms with Crippen molar-refractivity contribution in [3.8, 4) is 23.0 Å². The number of aromatic nitrogens is 6. The summed E-state index contributed by atoms with van der Waals surface area (Å²) in [6.07, 6.45) is 13.3. The van der Waals surface area contributed by atoms with Crippen molar-refractivity contribution in [3.05, 3.63) is 84.5 Å². The first-order valence-corrected chi connectivity index (χ1v) is 13.0. The Morgan fingerprint density at radius 2 is 1.82 bits per heavy atom. The second kappa shape index (κ2) is 10.2. The van der Waals surface area contributed by atoms with E-state index in [-0.39, 0.29) is 6.04 Å². The van der Waals surface area contributed by atoms with Crippen LogP contribution in [0.5, 0.6) is 0 Å². The highest BCUT2D eigenvalue weighted by Crippen LogP contribution is 2.33. The number of piperidine rings is 1. The molecule has 1 saturated heterocycles. The van der Waals surface area contributed by atoms with Crippen molar-refractivity contribution in [2.45, 2.75) is 32.2 Å². The number of nitriles is 1. The third kappa shape index (κ3) is 4.68. The second-order valence-corrected chi connectivity index (χ2v) is 9.87. The lowest BCUT2D eigenvalue weighted by molar-refractivity contribution is 0.577. The van der Waals surface area contributed by atoms with E-state index in [1.807, 2.05) is 48.2 Å². The Hall–Kier alpha value is -4.78. The van der Waals surface area contributed by atoms with Crippen LogP contribution in [0.2, 0.25) is 0 Å². The van der Waals surface area contributed by atoms with Gasteiger partial charge in [-0.25, -0.2) is 23.6 Å². The summed E-state index contributed by atoms with van der Waals surface area (Å²) in [4.78, 5) is 13.7. The van der Waals surface area contributed by atoms with Gasteiger partial charge in [0.05, 0.1) is 47.6 Å². The zero-order chi connectivity index (χ0) is 26.9. The molecule has 0 spiro atoms. The molecule has 1 aliphatic heterocycles. The number of hydrogen-bond acceptors (Lipinski definition) is 7. The molecule has 5 aromatic heterocycles. The van der Waals surface area contributed by atoms with E-state index in [0.717, 1.165) is 53.0 Å². The van der Waals surface area contributed by atoms with E-state index in [2.05, 4.69) is 44.0 Å². The molecular formula is C29H28FN9. The van der Waals surface area contributed by atoms with Gasteiger partial charge in [-0.1, -0.05) is 6.07 Å². The maximum absolute atomic E-state index is 13.3. The Bertz CT molecular complexity index is 1640. The largest absolute Gasteiger partial charge is 0.370 e. The Morgan fingerprint density at radius 3 is 2.49 bits per heavy atom. The molecule has 1 aliphatic rings. The molecule has 0 N–H and O–H groups in total. The first-order valence-electron chi connectivity index (χ1n) is 13.0. The fourth-order valence-corrected chi connectivity index (χ4v) is 5.12. The molecule has 6 heterocycles. The van der Waals surface area contributed by atoms with E-state index < -0.39 is 5.82 Å². The van der Waals surface area contributed by atoms with Crippen molar-refractivity contribution in [2.75, 3.05) is 29.9 Å². The third-order valence-electron chi connectivity index (χ3n) is 7.48. The first-order chi connectivity index (χ1) is 19.0. The Morgan fingerprint density at radius 1 is 0.974 bits per heavy atom. The highest BCUT2D eigenvalue weighted by molar-refractivity contribution is 5.86. The van der Waals surface area contributed by atoms with Gasteiger partial charge in [-0.05, 0) is 56.0 Å². The van der Waals surface area contributed by atoms with Gasteiger partial charge < -0.3 is 9.80 Å². The molecule has 0 aliphatic carbocycles. The predicted octanol–water partition coefficient (Wildman–Crippen LogP) is 5.18. The summed E-state index contributed by atoms with van der Waals surface area (Å²) < 4.78 is 16.5. The van der Waals surface area contributed by atoms with Crippen LogP contribution < -0.4 is 9.80 Å². The molecule has 39 heavy (non-hydrogen) atoms. The fourth-order valence-electron chi connectivity index (χ4n) is 5.12. The minimum absolute atomic E-state index is 0.00610. The quantitative estimate of drug-likeness (QED) is 0.304. The molecule has 0 bridgehead atoms. The van der Waals surface area contributed by atoms with Crippen molar-refractivity contribution in [1.29, 1.82) is 5.26 Å². The molecule has 0 radical (unpaired) electrons. The summed E-state index contributed by atoms with van der Waals surface area (Å²) in [6, 6.07) is 12.3. The minimum atomic E-state index is -0.403. The molecule has 5 aromatic rings. The van der Waals surface area contributed by atoms with Gasteiger partial charge in [0.1, 0.15) is 11.9 Å². The van der Waals surface area contributed by atoms with E-state index in [0.29, 0.717) is 11.4 Å². The van der Waals surface area contributed by atoms with Gasteiger partial charge in [-0.15, -0.1) is 0 Å². The Balaban J connectivity index is 1.27. The van der Waals surface area contributed by atoms with Crippen LogP contribution in [0.1, 0.15) is 43.4 Å². The maximum atomic E-state index is 13.3. The monoisotopic (exact) mass is 521 g/mol. The molecule has 0 amide bonds. The van der Waals surface area contributed by atoms with E-state index in [1.54, 1.807) is 12.4 Å². The van der Waals surface area contributed by atoms with Crippen molar-refractivity contribution >= 4 is 17.0 Å². The molecule has 10 heteroatoms. The molecule has 9 nitrogen and oxygen atoms in total. The second-order valence-electron chi connectivity index (χ2n) is 9.87. The summed E-state index contributed by atoms with van der Waals surface area (Å²) >= 11 is 0. The summed E-state index contributed by atoms with van der Waals surface area (Å²) in [5.74, 6) is 0.955. The van der Waals surface area contributed by atoms with Gasteiger partial charge in [0.2, 0.25) is 0 Å². The molecular weight excluding hydrogens is 493 g/mol. The number of hydrogen-bond donors (Lipinski definition) is 0. The Kier molecular flexibility index (Phi) is 6.40. The zero-order valence-corrected chi connectivity index (χ0v) is 21.9. The molecule has 1 fully saturated rings. The molecule has 196 valence electrons. The first kappa shape index (κ1) is 24.6. The van der Waals surface area contributed by atoms with Crippen LogP contribution in [0.25, 0.3) is 22.5 Å². The van der Waals surface area contributed by atoms with Gasteiger partial charge >= 0.3 is 0 Å². The minimum Gasteiger partial charge on any atom is -0.370 e. The zero-order valence-electron chi connectivity index (χ0n) is 21.9. The van der Waals surface area contributed by atoms with Gasteiger partial charge in [-0.2, -0.15) is 15.5 Å². The molecule has 0 aromatic carbocycles. The normalized spacial score (nSPS) is 14.4. The number of rotatable bonds is 6. The number of nitrogens with zero attached hydrogens (tertiary/aromatic N) is 9. The lowest BCUT2D eigenvalue weighted by Gasteiger charge is -2.29. The van der Waals surface area contributed by atoms with Gasteiger partial charge in [0.15, 0.2) is 11.6 Å². The van der Waals surface area contributed by atoms with E-state index in [9.17, 15) is 9.65 Å². The number of pyridine rings is 3. The third-order valence-corrected chi connectivity index (χ3v) is 7.48. The SMILES string of the molecule is CC(c1ccc(-n2cc(F)cn2)nc1)N(C)c1ccc(-c2cc(N3CCCCC3)cn3ncc(C#N)c23)cn1. The average molecular weight is 522 g/mol. The van der Waals surface area contributed by atoms with Gasteiger partial charge in [0, 0.05) is 43.7 Å². The van der Waals surface area contributed by atoms with Crippen molar-refractivity contribution in [2.24, 2.45) is 0 Å². The lowest BCUT2D eigenvalue weighted by atomic mass is 10.0. The topological polar surface area (TPSA) is 91.2 Å². The standard InChI is InChI=1S/C29H28FN9/c1-20(21-6-9-28(33-14-21)38-18-24(30)17-35-38)36(2)27-8-7-22(15-32-27)26-12-25(37-10-4-3-5-11-37)19-39-29(26)23(13-31)16-34-39/h6-9,12,14-20H,3-5,10-11H2,1-2H3. The van der Waals surface area contributed by atoms with Crippen LogP contribution in [0.4, 0.5) is 15.9 Å². The summed E-state index contributed by atoms with van der Waals surface area (Å²) in [6.45, 7) is 4.12. The number of anilines is 2. The van der Waals surface area contributed by atoms with E-state index in [4.69, 9.17) is 4.98 Å². The van der Waals surface area contributed by atoms with E-state index in [1.165, 1.54) is 30.1 Å². The van der Waals surface area contributed by atoms with Crippen molar-refractivity contribution in [3.63, 3.8) is 0 Å². The maximum Gasteiger partial charge on any atom is 0.161 e. The molecule has 1 atom stereocenters. The highest BCUT2D eigenvalue weighted by Gasteiger charge is 2.19. The van der Waals surface area contributed by atoms with Gasteiger partial charge in [0.25, 0.3) is 0 Å². The average Bonchev–Trinajstić information content (AvgIpc) is 3.62. The number of halogens is 1. The Labute approximate surface area is 225 Å². The fraction of sp³-hybridized carbons (Fsp3) is 0.276. The van der Waals surface area contributed by atoms with Crippen LogP contribution in [0.3, 0.4) is 0 Å². The van der Waals surface area contributed by atoms with Crippen LogP contribution in [0, 0.1) is 17.1 Å². The number of fused-ring (bicyclic) bond motifs is 1. The summed E-state index contributed by atoms with van der Waals surface area (Å²) in [5, 5.41) is 18.2. The van der Waals surface area contributed by atoms with Crippen LogP contribution in [-0.2, 0) is 0 Å². The highest BCUT2D eigenvalue weighted by atomic mass is 19.1. The van der Waals surface area contributed by atoms with Crippen LogP contribution in [0.15, 0.2) is 67.5 Å². The lowest BCUT2D eigenvalue weighted by Crippen LogP contribution is -2.29. The van der Waals surface area contributed by atoms with Crippen molar-refractivity contribution in [1.82, 2.24) is 29.4 Å². The molecule has 0 saturated carbocycles. The summed E-state index contributed by atoms with van der Waals surface area (Å²) in [7, 11) is 1.99. The van der Waals surface area contributed by atoms with Gasteiger partial charge in [-0.3, -0.25) is 0 Å².